The Bertz CT molecular complexity index is 1090. The molecule has 1 atom stereocenters. The average molecular weight is 434 g/mol. The first-order valence-corrected chi connectivity index (χ1v) is 11.0. The molecule has 31 heavy (non-hydrogen) atoms. The van der Waals surface area contributed by atoms with Crippen LogP contribution < -0.4 is 9.64 Å². The largest absolute Gasteiger partial charge is 0.484 e. The molecule has 4 heteroatoms. The first-order valence-electron chi connectivity index (χ1n) is 10.6. The van der Waals surface area contributed by atoms with Crippen molar-refractivity contribution in [3.05, 3.63) is 94.5 Å². The molecule has 0 N–H and O–H groups in total. The third kappa shape index (κ3) is 4.07. The van der Waals surface area contributed by atoms with Gasteiger partial charge in [-0.3, -0.25) is 4.79 Å². The minimum absolute atomic E-state index is 0.0271. The molecule has 0 radical (unpaired) electrons. The first-order chi connectivity index (χ1) is 14.7. The van der Waals surface area contributed by atoms with Crippen LogP contribution in [0.4, 0.5) is 5.69 Å². The van der Waals surface area contributed by atoms with E-state index in [0.29, 0.717) is 10.8 Å². The number of hydrogen-bond acceptors (Lipinski definition) is 2. The molecule has 0 saturated carbocycles. The maximum absolute atomic E-state index is 13.4. The second kappa shape index (κ2) is 8.05. The number of halogens is 1. The van der Waals surface area contributed by atoms with Crippen LogP contribution >= 0.6 is 11.6 Å². The summed E-state index contributed by atoms with van der Waals surface area (Å²) in [7, 11) is 0. The van der Waals surface area contributed by atoms with E-state index in [4.69, 9.17) is 16.3 Å². The lowest BCUT2D eigenvalue weighted by Crippen LogP contribution is -2.57. The lowest BCUT2D eigenvalue weighted by atomic mass is 9.65. The predicted molar refractivity (Wildman–Crippen MR) is 127 cm³/mol. The Hall–Kier alpha value is -2.78. The zero-order chi connectivity index (χ0) is 22.2. The van der Waals surface area contributed by atoms with Crippen LogP contribution in [0.15, 0.2) is 72.8 Å². The van der Waals surface area contributed by atoms with Gasteiger partial charge in [0.05, 0.1) is 0 Å². The fraction of sp³-hybridized carbons (Fsp3) is 0.296. The van der Waals surface area contributed by atoms with E-state index in [1.165, 1.54) is 11.1 Å². The molecular formula is C27H28ClNO2. The molecule has 3 aromatic rings. The Labute approximate surface area is 189 Å². The quantitative estimate of drug-likeness (QED) is 0.467. The number of fused-ring (bicyclic) bond motifs is 1. The van der Waals surface area contributed by atoms with E-state index < -0.39 is 0 Å². The van der Waals surface area contributed by atoms with Crippen molar-refractivity contribution in [2.75, 3.05) is 11.5 Å². The van der Waals surface area contributed by atoms with Crippen molar-refractivity contribution >= 4 is 23.2 Å². The summed E-state index contributed by atoms with van der Waals surface area (Å²) in [5.74, 6) is 0.573. The zero-order valence-corrected chi connectivity index (χ0v) is 19.2. The summed E-state index contributed by atoms with van der Waals surface area (Å²) in [6.07, 6.45) is 0.812. The average Bonchev–Trinajstić information content (AvgIpc) is 2.73. The highest BCUT2D eigenvalue weighted by Gasteiger charge is 2.47. The number of anilines is 1. The summed E-state index contributed by atoms with van der Waals surface area (Å²) >= 11 is 5.94. The number of para-hydroxylation sites is 1. The normalized spacial score (nSPS) is 19.6. The van der Waals surface area contributed by atoms with Crippen LogP contribution in [0.25, 0.3) is 0 Å². The Morgan fingerprint density at radius 2 is 1.61 bits per heavy atom. The molecule has 4 rings (SSSR count). The minimum Gasteiger partial charge on any atom is -0.484 e. The van der Waals surface area contributed by atoms with Gasteiger partial charge in [-0.25, -0.2) is 0 Å². The highest BCUT2D eigenvalue weighted by Crippen LogP contribution is 2.50. The fourth-order valence-electron chi connectivity index (χ4n) is 4.89. The molecule has 160 valence electrons. The van der Waals surface area contributed by atoms with Crippen molar-refractivity contribution in [3.63, 3.8) is 0 Å². The summed E-state index contributed by atoms with van der Waals surface area (Å²) in [6.45, 7) is 8.63. The van der Waals surface area contributed by atoms with Gasteiger partial charge >= 0.3 is 0 Å². The van der Waals surface area contributed by atoms with Crippen molar-refractivity contribution in [2.24, 2.45) is 0 Å². The van der Waals surface area contributed by atoms with Crippen molar-refractivity contribution in [3.8, 4) is 5.75 Å². The molecule has 1 aliphatic heterocycles. The van der Waals surface area contributed by atoms with Crippen LogP contribution in [0, 0.1) is 6.92 Å². The Kier molecular flexibility index (Phi) is 5.57. The number of amides is 1. The van der Waals surface area contributed by atoms with Gasteiger partial charge in [0.25, 0.3) is 5.91 Å². The number of carbonyl (C=O) groups excluding carboxylic acids is 1. The molecule has 0 saturated heterocycles. The van der Waals surface area contributed by atoms with E-state index in [9.17, 15) is 4.79 Å². The first kappa shape index (κ1) is 21.5. The number of rotatable bonds is 4. The van der Waals surface area contributed by atoms with E-state index in [2.05, 4.69) is 64.1 Å². The van der Waals surface area contributed by atoms with E-state index in [1.807, 2.05) is 17.0 Å². The van der Waals surface area contributed by atoms with Crippen LogP contribution in [0.2, 0.25) is 5.02 Å². The fourth-order valence-corrected chi connectivity index (χ4v) is 5.02. The van der Waals surface area contributed by atoms with E-state index in [0.717, 1.165) is 17.7 Å². The molecule has 1 amide bonds. The van der Waals surface area contributed by atoms with Gasteiger partial charge < -0.3 is 9.64 Å². The van der Waals surface area contributed by atoms with Crippen molar-refractivity contribution in [2.45, 2.75) is 45.1 Å². The number of ether oxygens (including phenoxy) is 1. The highest BCUT2D eigenvalue weighted by molar-refractivity contribution is 6.30. The van der Waals surface area contributed by atoms with Crippen LogP contribution in [0.5, 0.6) is 5.75 Å². The molecule has 1 heterocycles. The van der Waals surface area contributed by atoms with Crippen LogP contribution in [0.1, 0.15) is 43.9 Å². The SMILES string of the molecule is Cc1ccc([C@]2(C)CC(C)(C)N(C(=O)COc3ccc(Cl)cc3)c3ccccc32)cc1. The van der Waals surface area contributed by atoms with Gasteiger partial charge in [-0.2, -0.15) is 0 Å². The Morgan fingerprint density at radius 3 is 2.29 bits per heavy atom. The van der Waals surface area contributed by atoms with Crippen molar-refractivity contribution in [1.82, 2.24) is 0 Å². The molecule has 1 aliphatic rings. The number of nitrogens with zero attached hydrogens (tertiary/aromatic N) is 1. The molecule has 0 spiro atoms. The maximum Gasteiger partial charge on any atom is 0.265 e. The number of hydrogen-bond donors (Lipinski definition) is 0. The number of aryl methyl sites for hydroxylation is 1. The number of benzene rings is 3. The number of carbonyl (C=O) groups is 1. The zero-order valence-electron chi connectivity index (χ0n) is 18.5. The molecular weight excluding hydrogens is 406 g/mol. The van der Waals surface area contributed by atoms with E-state index in [1.54, 1.807) is 24.3 Å². The van der Waals surface area contributed by atoms with E-state index >= 15 is 0 Å². The van der Waals surface area contributed by atoms with E-state index in [-0.39, 0.29) is 23.5 Å². The van der Waals surface area contributed by atoms with Gasteiger partial charge in [-0.05, 0) is 68.7 Å². The molecule has 0 fully saturated rings. The van der Waals surface area contributed by atoms with Crippen LogP contribution in [-0.4, -0.2) is 18.1 Å². The molecule has 0 aromatic heterocycles. The molecule has 3 nitrogen and oxygen atoms in total. The van der Waals surface area contributed by atoms with Crippen LogP contribution in [0.3, 0.4) is 0 Å². The predicted octanol–water partition coefficient (Wildman–Crippen LogP) is 6.55. The van der Waals surface area contributed by atoms with Gasteiger partial charge in [-0.1, -0.05) is 66.6 Å². The second-order valence-corrected chi connectivity index (χ2v) is 9.61. The summed E-state index contributed by atoms with van der Waals surface area (Å²) in [5, 5.41) is 0.639. The summed E-state index contributed by atoms with van der Waals surface area (Å²) in [5.41, 5.74) is 4.05. The summed E-state index contributed by atoms with van der Waals surface area (Å²) < 4.78 is 5.78. The van der Waals surface area contributed by atoms with Gasteiger partial charge in [0.15, 0.2) is 6.61 Å². The topological polar surface area (TPSA) is 29.5 Å². The second-order valence-electron chi connectivity index (χ2n) is 9.18. The van der Waals surface area contributed by atoms with Gasteiger partial charge in [0.1, 0.15) is 5.75 Å². The third-order valence-electron chi connectivity index (χ3n) is 6.24. The molecule has 3 aromatic carbocycles. The minimum atomic E-state index is -0.381. The van der Waals surface area contributed by atoms with Crippen molar-refractivity contribution in [1.29, 1.82) is 0 Å². The van der Waals surface area contributed by atoms with Gasteiger partial charge in [-0.15, -0.1) is 0 Å². The maximum atomic E-state index is 13.4. The highest BCUT2D eigenvalue weighted by atomic mass is 35.5. The van der Waals surface area contributed by atoms with Gasteiger partial charge in [0, 0.05) is 21.7 Å². The van der Waals surface area contributed by atoms with Crippen molar-refractivity contribution < 1.29 is 9.53 Å². The smallest absolute Gasteiger partial charge is 0.265 e. The third-order valence-corrected chi connectivity index (χ3v) is 6.50. The monoisotopic (exact) mass is 433 g/mol. The lowest BCUT2D eigenvalue weighted by molar-refractivity contribution is -0.121. The molecule has 0 aliphatic carbocycles. The Balaban J connectivity index is 1.69. The molecule has 0 bridgehead atoms. The summed E-state index contributed by atoms with van der Waals surface area (Å²) in [4.78, 5) is 15.3. The van der Waals surface area contributed by atoms with Gasteiger partial charge in [0.2, 0.25) is 0 Å². The Morgan fingerprint density at radius 1 is 0.968 bits per heavy atom. The molecule has 0 unspecified atom stereocenters. The summed E-state index contributed by atoms with van der Waals surface area (Å²) in [6, 6.07) is 24.1. The van der Waals surface area contributed by atoms with Crippen LogP contribution in [-0.2, 0) is 10.2 Å². The lowest BCUT2D eigenvalue weighted by Gasteiger charge is -2.51. The standard InChI is InChI=1S/C27H28ClNO2/c1-19-9-11-20(12-10-19)27(4)18-26(2,3)29(24-8-6-5-7-23(24)27)25(30)17-31-22-15-13-21(28)14-16-22/h5-16H,17-18H2,1-4H3/t27-/m0/s1.